The van der Waals surface area contributed by atoms with Crippen LogP contribution < -0.4 is 14.2 Å². The highest BCUT2D eigenvalue weighted by molar-refractivity contribution is 8.18. The molecule has 4 rings (SSSR count). The Bertz CT molecular complexity index is 975. The second kappa shape index (κ2) is 6.96. The number of nitrogens with zero attached hydrogens (tertiary/aromatic N) is 1. The largest absolute Gasteiger partial charge is 0.496 e. The van der Waals surface area contributed by atoms with Crippen molar-refractivity contribution in [2.75, 3.05) is 13.9 Å². The van der Waals surface area contributed by atoms with Gasteiger partial charge in [-0.05, 0) is 30.0 Å². The van der Waals surface area contributed by atoms with Crippen molar-refractivity contribution >= 4 is 29.0 Å². The Labute approximate surface area is 158 Å². The molecule has 6 nitrogen and oxygen atoms in total. The molecule has 2 aromatic rings. The Morgan fingerprint density at radius 2 is 1.96 bits per heavy atom. The third-order valence-electron chi connectivity index (χ3n) is 4.17. The van der Waals surface area contributed by atoms with Crippen LogP contribution in [-0.2, 0) is 11.3 Å². The Hall–Kier alpha value is -3.00. The van der Waals surface area contributed by atoms with Crippen molar-refractivity contribution in [3.8, 4) is 17.2 Å². The van der Waals surface area contributed by atoms with E-state index in [0.717, 1.165) is 16.7 Å². The number of methoxy groups -OCH3 is 1. The van der Waals surface area contributed by atoms with Gasteiger partial charge in [0.15, 0.2) is 11.5 Å². The highest BCUT2D eigenvalue weighted by atomic mass is 32.2. The summed E-state index contributed by atoms with van der Waals surface area (Å²) in [6.07, 6.45) is 1.56. The first-order chi connectivity index (χ1) is 13.1. The molecule has 27 heavy (non-hydrogen) atoms. The topological polar surface area (TPSA) is 65.1 Å². The van der Waals surface area contributed by atoms with E-state index in [1.54, 1.807) is 36.4 Å². The number of hydrogen-bond donors (Lipinski definition) is 0. The third-order valence-corrected chi connectivity index (χ3v) is 5.08. The summed E-state index contributed by atoms with van der Waals surface area (Å²) in [6, 6.07) is 9.40. The fourth-order valence-electron chi connectivity index (χ4n) is 2.80. The summed E-state index contributed by atoms with van der Waals surface area (Å²) >= 11 is 0.803. The van der Waals surface area contributed by atoms with Gasteiger partial charge in [-0.3, -0.25) is 14.5 Å². The number of amides is 2. The van der Waals surface area contributed by atoms with Gasteiger partial charge in [-0.15, -0.1) is 0 Å². The van der Waals surface area contributed by atoms with Crippen LogP contribution in [0.15, 0.2) is 41.3 Å². The minimum absolute atomic E-state index is 0.112. The molecular weight excluding hydrogens is 373 g/mol. The second-order valence-electron chi connectivity index (χ2n) is 5.81. The summed E-state index contributed by atoms with van der Waals surface area (Å²) in [4.78, 5) is 26.2. The van der Waals surface area contributed by atoms with E-state index in [-0.39, 0.29) is 23.8 Å². The van der Waals surface area contributed by atoms with Crippen LogP contribution in [0.4, 0.5) is 9.18 Å². The SMILES string of the molecule is COc1cc2c(cc1/C=C1\SC(=O)N(Cc3ccccc3F)C1=O)OCO2. The molecule has 0 aliphatic carbocycles. The Morgan fingerprint density at radius 3 is 2.70 bits per heavy atom. The first-order valence-corrected chi connectivity index (χ1v) is 8.85. The monoisotopic (exact) mass is 387 g/mol. The molecule has 1 fully saturated rings. The zero-order valence-corrected chi connectivity index (χ0v) is 15.0. The van der Waals surface area contributed by atoms with Crippen molar-refractivity contribution in [3.63, 3.8) is 0 Å². The molecule has 2 aliphatic rings. The number of hydrogen-bond acceptors (Lipinski definition) is 6. The van der Waals surface area contributed by atoms with Crippen LogP contribution in [0.2, 0.25) is 0 Å². The molecule has 0 unspecified atom stereocenters. The van der Waals surface area contributed by atoms with Gasteiger partial charge >= 0.3 is 0 Å². The average molecular weight is 387 g/mol. The molecule has 2 heterocycles. The molecule has 0 bridgehead atoms. The molecule has 2 amide bonds. The van der Waals surface area contributed by atoms with Crippen molar-refractivity contribution < 1.29 is 28.2 Å². The van der Waals surface area contributed by atoms with Gasteiger partial charge in [-0.1, -0.05) is 18.2 Å². The molecule has 0 saturated carbocycles. The van der Waals surface area contributed by atoms with Gasteiger partial charge in [-0.2, -0.15) is 0 Å². The number of rotatable bonds is 4. The number of carbonyl (C=O) groups excluding carboxylic acids is 2. The number of thioether (sulfide) groups is 1. The van der Waals surface area contributed by atoms with Crippen LogP contribution in [0.3, 0.4) is 0 Å². The van der Waals surface area contributed by atoms with Crippen LogP contribution in [0.25, 0.3) is 6.08 Å². The lowest BCUT2D eigenvalue weighted by atomic mass is 10.1. The number of ether oxygens (including phenoxy) is 3. The zero-order valence-electron chi connectivity index (χ0n) is 14.2. The van der Waals surface area contributed by atoms with Gasteiger partial charge in [0, 0.05) is 17.2 Å². The van der Waals surface area contributed by atoms with Crippen molar-refractivity contribution in [3.05, 3.63) is 58.2 Å². The standard InChI is InChI=1S/C19H14FNO5S/c1-24-14-8-16-15(25-10-26-16)6-12(14)7-17-18(22)21(19(23)27-17)9-11-4-2-3-5-13(11)20/h2-8H,9-10H2,1H3/b17-7-. The normalized spacial score (nSPS) is 17.1. The molecule has 2 aromatic carbocycles. The van der Waals surface area contributed by atoms with E-state index in [0.29, 0.717) is 22.8 Å². The van der Waals surface area contributed by atoms with E-state index in [2.05, 4.69) is 0 Å². The number of fused-ring (bicyclic) bond motifs is 1. The van der Waals surface area contributed by atoms with Crippen LogP contribution in [0.1, 0.15) is 11.1 Å². The quantitative estimate of drug-likeness (QED) is 0.744. The van der Waals surface area contributed by atoms with Crippen LogP contribution in [0.5, 0.6) is 17.2 Å². The summed E-state index contributed by atoms with van der Waals surface area (Å²) in [6.45, 7) is -0.00590. The smallest absolute Gasteiger partial charge is 0.293 e. The zero-order chi connectivity index (χ0) is 19.0. The first-order valence-electron chi connectivity index (χ1n) is 8.03. The van der Waals surface area contributed by atoms with Crippen LogP contribution in [-0.4, -0.2) is 29.9 Å². The first kappa shape index (κ1) is 17.4. The minimum atomic E-state index is -0.479. The second-order valence-corrected chi connectivity index (χ2v) is 6.80. The third kappa shape index (κ3) is 3.23. The van der Waals surface area contributed by atoms with Gasteiger partial charge in [-0.25, -0.2) is 4.39 Å². The molecule has 0 radical (unpaired) electrons. The number of carbonyl (C=O) groups is 2. The molecule has 8 heteroatoms. The number of imide groups is 1. The van der Waals surface area contributed by atoms with Gasteiger partial charge in [0.25, 0.3) is 11.1 Å². The van der Waals surface area contributed by atoms with Crippen molar-refractivity contribution in [1.82, 2.24) is 4.90 Å². The number of halogens is 1. The van der Waals surface area contributed by atoms with Gasteiger partial charge in [0.05, 0.1) is 18.6 Å². The summed E-state index contributed by atoms with van der Waals surface area (Å²) < 4.78 is 29.8. The molecule has 0 atom stereocenters. The van der Waals surface area contributed by atoms with E-state index in [1.807, 2.05) is 0 Å². The molecule has 2 aliphatic heterocycles. The highest BCUT2D eigenvalue weighted by Crippen LogP contribution is 2.41. The summed E-state index contributed by atoms with van der Waals surface area (Å²) in [5, 5.41) is -0.450. The Kier molecular flexibility index (Phi) is 4.49. The molecule has 138 valence electrons. The van der Waals surface area contributed by atoms with E-state index in [9.17, 15) is 14.0 Å². The maximum Gasteiger partial charge on any atom is 0.293 e. The lowest BCUT2D eigenvalue weighted by molar-refractivity contribution is -0.123. The van der Waals surface area contributed by atoms with E-state index >= 15 is 0 Å². The Morgan fingerprint density at radius 1 is 1.22 bits per heavy atom. The highest BCUT2D eigenvalue weighted by Gasteiger charge is 2.35. The predicted molar refractivity (Wildman–Crippen MR) is 97.0 cm³/mol. The number of benzene rings is 2. The fourth-order valence-corrected chi connectivity index (χ4v) is 3.63. The maximum atomic E-state index is 13.9. The van der Waals surface area contributed by atoms with Crippen LogP contribution in [0, 0.1) is 5.82 Å². The van der Waals surface area contributed by atoms with Crippen molar-refractivity contribution in [2.45, 2.75) is 6.54 Å². The lowest BCUT2D eigenvalue weighted by Crippen LogP contribution is -2.27. The van der Waals surface area contributed by atoms with Crippen molar-refractivity contribution in [1.29, 1.82) is 0 Å². The molecule has 0 N–H and O–H groups in total. The molecule has 1 saturated heterocycles. The lowest BCUT2D eigenvalue weighted by Gasteiger charge is -2.13. The van der Waals surface area contributed by atoms with Gasteiger partial charge in [0.1, 0.15) is 11.6 Å². The summed E-state index contributed by atoms with van der Waals surface area (Å²) in [7, 11) is 1.50. The average Bonchev–Trinajstić information content (AvgIpc) is 3.22. The molecular formula is C19H14FNO5S. The van der Waals surface area contributed by atoms with Gasteiger partial charge < -0.3 is 14.2 Å². The Balaban J connectivity index is 1.63. The summed E-state index contributed by atoms with van der Waals surface area (Å²) in [5.74, 6) is 0.635. The predicted octanol–water partition coefficient (Wildman–Crippen LogP) is 3.80. The summed E-state index contributed by atoms with van der Waals surface area (Å²) in [5.41, 5.74) is 0.861. The fraction of sp³-hybridized carbons (Fsp3) is 0.158. The molecule has 0 aromatic heterocycles. The minimum Gasteiger partial charge on any atom is -0.496 e. The molecule has 0 spiro atoms. The van der Waals surface area contributed by atoms with Crippen LogP contribution >= 0.6 is 11.8 Å². The van der Waals surface area contributed by atoms with Gasteiger partial charge in [0.2, 0.25) is 6.79 Å². The van der Waals surface area contributed by atoms with E-state index in [4.69, 9.17) is 14.2 Å². The maximum absolute atomic E-state index is 13.9. The van der Waals surface area contributed by atoms with Crippen molar-refractivity contribution in [2.24, 2.45) is 0 Å². The van der Waals surface area contributed by atoms with E-state index < -0.39 is 17.0 Å². The van der Waals surface area contributed by atoms with E-state index in [1.165, 1.54) is 13.2 Å².